The van der Waals surface area contributed by atoms with Crippen LogP contribution in [-0.4, -0.2) is 47.9 Å². The standard InChI is InChI=1S/C27H24N4O5/c32-24(28-19-8-4-9-20(15-19)30-27(35)29-18-6-2-1-3-7-18)17-11-12-22-23(14-17)26(34)31(25(22)33)16-21-10-5-13-36-21/h1-4,6-9,11-12,14-15,21H,5,10,13,16H2,(H,28,32)(H2,29,30,35). The first-order valence-electron chi connectivity index (χ1n) is 11.6. The van der Waals surface area contributed by atoms with Gasteiger partial charge >= 0.3 is 6.03 Å². The molecule has 182 valence electrons. The lowest BCUT2D eigenvalue weighted by Gasteiger charge is -2.17. The molecule has 0 saturated carbocycles. The van der Waals surface area contributed by atoms with Crippen molar-refractivity contribution < 1.29 is 23.9 Å². The van der Waals surface area contributed by atoms with E-state index in [1.54, 1.807) is 36.4 Å². The van der Waals surface area contributed by atoms with Gasteiger partial charge in [-0.05, 0) is 61.4 Å². The van der Waals surface area contributed by atoms with Gasteiger partial charge in [-0.1, -0.05) is 24.3 Å². The Bertz CT molecular complexity index is 1340. The van der Waals surface area contributed by atoms with E-state index < -0.39 is 17.8 Å². The summed E-state index contributed by atoms with van der Waals surface area (Å²) in [5, 5.41) is 8.22. The highest BCUT2D eigenvalue weighted by atomic mass is 16.5. The molecule has 5 rings (SSSR count). The van der Waals surface area contributed by atoms with Crippen LogP contribution in [0.3, 0.4) is 0 Å². The molecule has 0 aliphatic carbocycles. The summed E-state index contributed by atoms with van der Waals surface area (Å²) in [6.07, 6.45) is 1.57. The van der Waals surface area contributed by atoms with Crippen LogP contribution in [0.4, 0.5) is 21.9 Å². The predicted molar refractivity (Wildman–Crippen MR) is 134 cm³/mol. The number of hydrogen-bond acceptors (Lipinski definition) is 5. The number of rotatable bonds is 6. The van der Waals surface area contributed by atoms with Crippen molar-refractivity contribution in [1.29, 1.82) is 0 Å². The van der Waals surface area contributed by atoms with Crippen LogP contribution >= 0.6 is 0 Å². The number of imide groups is 1. The first kappa shape index (κ1) is 23.3. The molecule has 1 atom stereocenters. The van der Waals surface area contributed by atoms with Crippen LogP contribution in [-0.2, 0) is 4.74 Å². The van der Waals surface area contributed by atoms with Gasteiger partial charge in [-0.15, -0.1) is 0 Å². The van der Waals surface area contributed by atoms with Crippen LogP contribution < -0.4 is 16.0 Å². The first-order chi connectivity index (χ1) is 17.5. The Morgan fingerprint density at radius 2 is 1.50 bits per heavy atom. The van der Waals surface area contributed by atoms with Crippen molar-refractivity contribution in [2.75, 3.05) is 29.1 Å². The molecule has 2 aliphatic rings. The zero-order chi connectivity index (χ0) is 25.1. The third-order valence-electron chi connectivity index (χ3n) is 6.05. The average molecular weight is 485 g/mol. The van der Waals surface area contributed by atoms with Gasteiger partial charge in [0.05, 0.1) is 23.8 Å². The highest BCUT2D eigenvalue weighted by Gasteiger charge is 2.38. The van der Waals surface area contributed by atoms with Crippen molar-refractivity contribution in [3.63, 3.8) is 0 Å². The number of ether oxygens (including phenoxy) is 1. The number of para-hydroxylation sites is 1. The van der Waals surface area contributed by atoms with E-state index in [0.717, 1.165) is 12.8 Å². The van der Waals surface area contributed by atoms with E-state index in [1.165, 1.54) is 23.1 Å². The number of carbonyl (C=O) groups excluding carboxylic acids is 4. The largest absolute Gasteiger partial charge is 0.376 e. The molecular weight excluding hydrogens is 460 g/mol. The molecule has 36 heavy (non-hydrogen) atoms. The number of nitrogens with zero attached hydrogens (tertiary/aromatic N) is 1. The van der Waals surface area contributed by atoms with Gasteiger partial charge in [0.1, 0.15) is 0 Å². The van der Waals surface area contributed by atoms with Crippen molar-refractivity contribution in [3.8, 4) is 0 Å². The molecule has 3 aromatic carbocycles. The lowest BCUT2D eigenvalue weighted by Crippen LogP contribution is -2.36. The fraction of sp³-hybridized carbons (Fsp3) is 0.185. The summed E-state index contributed by atoms with van der Waals surface area (Å²) in [5.74, 6) is -1.23. The van der Waals surface area contributed by atoms with Crippen LogP contribution in [0, 0.1) is 0 Å². The van der Waals surface area contributed by atoms with Gasteiger partial charge in [-0.3, -0.25) is 19.3 Å². The zero-order valence-electron chi connectivity index (χ0n) is 19.3. The quantitative estimate of drug-likeness (QED) is 0.450. The van der Waals surface area contributed by atoms with Crippen molar-refractivity contribution in [1.82, 2.24) is 4.90 Å². The fourth-order valence-corrected chi connectivity index (χ4v) is 4.28. The van der Waals surface area contributed by atoms with Gasteiger partial charge in [0.25, 0.3) is 17.7 Å². The summed E-state index contributed by atoms with van der Waals surface area (Å²) in [6.45, 7) is 0.845. The van der Waals surface area contributed by atoms with E-state index >= 15 is 0 Å². The number of anilines is 3. The summed E-state index contributed by atoms with van der Waals surface area (Å²) in [5.41, 5.74) is 2.33. The van der Waals surface area contributed by atoms with E-state index in [4.69, 9.17) is 4.74 Å². The fourth-order valence-electron chi connectivity index (χ4n) is 4.28. The Hall–Kier alpha value is -4.50. The Morgan fingerprint density at radius 3 is 2.25 bits per heavy atom. The molecule has 1 unspecified atom stereocenters. The van der Waals surface area contributed by atoms with Crippen LogP contribution in [0.2, 0.25) is 0 Å². The zero-order valence-corrected chi connectivity index (χ0v) is 19.3. The summed E-state index contributed by atoms with van der Waals surface area (Å²) in [4.78, 5) is 51.9. The molecule has 9 nitrogen and oxygen atoms in total. The van der Waals surface area contributed by atoms with E-state index in [-0.39, 0.29) is 35.2 Å². The molecule has 0 radical (unpaired) electrons. The Labute approximate surface area is 207 Å². The lowest BCUT2D eigenvalue weighted by atomic mass is 10.1. The van der Waals surface area contributed by atoms with Crippen molar-refractivity contribution >= 4 is 40.8 Å². The van der Waals surface area contributed by atoms with Gasteiger partial charge in [0.2, 0.25) is 0 Å². The molecule has 2 aliphatic heterocycles. The number of carbonyl (C=O) groups is 4. The molecule has 1 fully saturated rings. The van der Waals surface area contributed by atoms with Gasteiger partial charge in [0, 0.05) is 29.2 Å². The Kier molecular flexibility index (Phi) is 6.46. The molecule has 0 aromatic heterocycles. The van der Waals surface area contributed by atoms with Crippen LogP contribution in [0.1, 0.15) is 43.9 Å². The number of urea groups is 1. The highest BCUT2D eigenvalue weighted by molar-refractivity contribution is 6.22. The van der Waals surface area contributed by atoms with Crippen LogP contribution in [0.25, 0.3) is 0 Å². The molecule has 2 heterocycles. The SMILES string of the molecule is O=C(Nc1ccccc1)Nc1cccc(NC(=O)c2ccc3c(c2)C(=O)N(CC2CCCO2)C3=O)c1. The minimum atomic E-state index is -0.443. The normalized spacial score (nSPS) is 16.6. The topological polar surface area (TPSA) is 117 Å². The van der Waals surface area contributed by atoms with Crippen LogP contribution in [0.15, 0.2) is 72.8 Å². The second-order valence-electron chi connectivity index (χ2n) is 8.60. The minimum absolute atomic E-state index is 0.148. The number of fused-ring (bicyclic) bond motifs is 1. The van der Waals surface area contributed by atoms with Gasteiger partial charge in [-0.25, -0.2) is 4.79 Å². The van der Waals surface area contributed by atoms with Crippen molar-refractivity contribution in [2.45, 2.75) is 18.9 Å². The monoisotopic (exact) mass is 484 g/mol. The third-order valence-corrected chi connectivity index (χ3v) is 6.05. The second-order valence-corrected chi connectivity index (χ2v) is 8.60. The Morgan fingerprint density at radius 1 is 0.806 bits per heavy atom. The maximum Gasteiger partial charge on any atom is 0.323 e. The minimum Gasteiger partial charge on any atom is -0.376 e. The molecule has 9 heteroatoms. The molecular formula is C27H24N4O5. The number of amides is 5. The van der Waals surface area contributed by atoms with E-state index in [0.29, 0.717) is 23.7 Å². The summed E-state index contributed by atoms with van der Waals surface area (Å²) < 4.78 is 5.56. The molecule has 5 amide bonds. The number of hydrogen-bond donors (Lipinski definition) is 3. The summed E-state index contributed by atoms with van der Waals surface area (Å²) in [7, 11) is 0. The lowest BCUT2D eigenvalue weighted by molar-refractivity contribution is 0.0475. The number of benzene rings is 3. The van der Waals surface area contributed by atoms with Crippen LogP contribution in [0.5, 0.6) is 0 Å². The first-order valence-corrected chi connectivity index (χ1v) is 11.6. The third kappa shape index (κ3) is 4.96. The Balaban J connectivity index is 1.24. The van der Waals surface area contributed by atoms with Gasteiger partial charge in [0.15, 0.2) is 0 Å². The molecule has 3 N–H and O–H groups in total. The van der Waals surface area contributed by atoms with Crippen molar-refractivity contribution in [2.24, 2.45) is 0 Å². The van der Waals surface area contributed by atoms with E-state index in [1.807, 2.05) is 18.2 Å². The van der Waals surface area contributed by atoms with Gasteiger partial charge in [-0.2, -0.15) is 0 Å². The highest BCUT2D eigenvalue weighted by Crippen LogP contribution is 2.26. The van der Waals surface area contributed by atoms with E-state index in [2.05, 4.69) is 16.0 Å². The summed E-state index contributed by atoms with van der Waals surface area (Å²) in [6, 6.07) is 19.8. The molecule has 0 bridgehead atoms. The molecule has 1 saturated heterocycles. The average Bonchev–Trinajstić information content (AvgIpc) is 3.47. The second kappa shape index (κ2) is 10.0. The number of nitrogens with one attached hydrogen (secondary N) is 3. The van der Waals surface area contributed by atoms with Gasteiger partial charge < -0.3 is 20.7 Å². The predicted octanol–water partition coefficient (Wildman–Crippen LogP) is 4.36. The molecule has 0 spiro atoms. The summed E-state index contributed by atoms with van der Waals surface area (Å²) >= 11 is 0. The smallest absolute Gasteiger partial charge is 0.323 e. The molecule has 3 aromatic rings. The maximum atomic E-state index is 12.9. The van der Waals surface area contributed by atoms with E-state index in [9.17, 15) is 19.2 Å². The van der Waals surface area contributed by atoms with Crippen molar-refractivity contribution in [3.05, 3.63) is 89.5 Å². The maximum absolute atomic E-state index is 12.9.